The highest BCUT2D eigenvalue weighted by Crippen LogP contribution is 2.14. The fourth-order valence-corrected chi connectivity index (χ4v) is 3.33. The van der Waals surface area contributed by atoms with Gasteiger partial charge in [-0.05, 0) is 18.6 Å². The lowest BCUT2D eigenvalue weighted by Crippen LogP contribution is -2.20. The molecule has 0 saturated heterocycles. The third-order valence-electron chi connectivity index (χ3n) is 3.13. The number of Topliss-reactive ketones (excluding diaryl/α,β-unsaturated/α-hetero) is 1. The van der Waals surface area contributed by atoms with Crippen LogP contribution >= 0.6 is 0 Å². The summed E-state index contributed by atoms with van der Waals surface area (Å²) in [6.07, 6.45) is 1.65. The number of aromatic nitrogens is 3. The summed E-state index contributed by atoms with van der Waals surface area (Å²) in [6, 6.07) is 8.94. The summed E-state index contributed by atoms with van der Waals surface area (Å²) in [5, 5.41) is 8.11. The maximum Gasteiger partial charge on any atom is 0.154 e. The lowest BCUT2D eigenvalue weighted by atomic mass is 10.2. The second-order valence-corrected chi connectivity index (χ2v) is 11.8. The van der Waals surface area contributed by atoms with Crippen LogP contribution in [0.2, 0.25) is 25.7 Å². The highest BCUT2D eigenvalue weighted by Gasteiger charge is 2.14. The number of carbonyl (C=O) groups is 1. The topological polar surface area (TPSA) is 47.8 Å². The number of hydrogen-bond donors (Lipinski definition) is 0. The smallest absolute Gasteiger partial charge is 0.154 e. The summed E-state index contributed by atoms with van der Waals surface area (Å²) in [5.74, 6) is 0.244. The summed E-state index contributed by atoms with van der Waals surface area (Å²) in [6.45, 7) is 7.35. The minimum absolute atomic E-state index is 0.244. The molecule has 5 heteroatoms. The van der Waals surface area contributed by atoms with Crippen molar-refractivity contribution in [1.82, 2.24) is 15.0 Å². The first-order valence-electron chi connectivity index (χ1n) is 6.76. The first kappa shape index (κ1) is 13.9. The SMILES string of the molecule is C[Si](C)(C)CCCC(=O)Cn1nnc2ccccc21. The number of nitrogens with zero attached hydrogens (tertiary/aromatic N) is 3. The van der Waals surface area contributed by atoms with Crippen LogP contribution in [0.5, 0.6) is 0 Å². The molecule has 0 N–H and O–H groups in total. The fraction of sp³-hybridized carbons (Fsp3) is 0.500. The summed E-state index contributed by atoms with van der Waals surface area (Å²) in [4.78, 5) is 12.0. The molecule has 1 aromatic heterocycles. The van der Waals surface area contributed by atoms with Crippen molar-refractivity contribution in [3.8, 4) is 0 Å². The molecule has 4 nitrogen and oxygen atoms in total. The molecule has 0 spiro atoms. The van der Waals surface area contributed by atoms with Crippen molar-refractivity contribution >= 4 is 24.9 Å². The third kappa shape index (κ3) is 3.99. The predicted octanol–water partition coefficient (Wildman–Crippen LogP) is 3.12. The number of carbonyl (C=O) groups excluding carboxylic acids is 1. The Balaban J connectivity index is 1.92. The number of rotatable bonds is 6. The molecule has 102 valence electrons. The molecule has 19 heavy (non-hydrogen) atoms. The largest absolute Gasteiger partial charge is 0.298 e. The van der Waals surface area contributed by atoms with E-state index in [0.29, 0.717) is 13.0 Å². The maximum atomic E-state index is 12.0. The van der Waals surface area contributed by atoms with Crippen LogP contribution in [0.4, 0.5) is 0 Å². The molecule has 0 aliphatic heterocycles. The summed E-state index contributed by atoms with van der Waals surface area (Å²) in [5.41, 5.74) is 1.78. The highest BCUT2D eigenvalue weighted by molar-refractivity contribution is 6.76. The van der Waals surface area contributed by atoms with Crippen LogP contribution in [0.1, 0.15) is 12.8 Å². The molecule has 2 rings (SSSR count). The van der Waals surface area contributed by atoms with Gasteiger partial charge in [0.1, 0.15) is 12.1 Å². The van der Waals surface area contributed by atoms with E-state index in [-0.39, 0.29) is 5.78 Å². The molecule has 0 fully saturated rings. The van der Waals surface area contributed by atoms with Crippen LogP contribution in [0.3, 0.4) is 0 Å². The lowest BCUT2D eigenvalue weighted by Gasteiger charge is -2.14. The van der Waals surface area contributed by atoms with E-state index in [2.05, 4.69) is 30.0 Å². The van der Waals surface area contributed by atoms with Crippen molar-refractivity contribution in [2.45, 2.75) is 45.1 Å². The second-order valence-electron chi connectivity index (χ2n) is 6.19. The molecule has 0 amide bonds. The summed E-state index contributed by atoms with van der Waals surface area (Å²) >= 11 is 0. The Hall–Kier alpha value is -1.49. The standard InChI is InChI=1S/C14H21N3OSi/c1-19(2,3)10-6-7-12(18)11-17-14-9-5-4-8-13(14)15-16-17/h4-5,8-9H,6-7,10-11H2,1-3H3. The van der Waals surface area contributed by atoms with Crippen molar-refractivity contribution in [3.05, 3.63) is 24.3 Å². The van der Waals surface area contributed by atoms with Gasteiger partial charge in [0.05, 0.1) is 5.52 Å². The van der Waals surface area contributed by atoms with Crippen molar-refractivity contribution in [1.29, 1.82) is 0 Å². The van der Waals surface area contributed by atoms with E-state index in [1.54, 1.807) is 4.68 Å². The number of para-hydroxylation sites is 1. The molecule has 0 aliphatic rings. The Kier molecular flexibility index (Phi) is 4.14. The Morgan fingerprint density at radius 2 is 2.00 bits per heavy atom. The molecule has 1 aromatic carbocycles. The zero-order valence-electron chi connectivity index (χ0n) is 11.9. The number of hydrogen-bond acceptors (Lipinski definition) is 3. The highest BCUT2D eigenvalue weighted by atomic mass is 28.3. The molecule has 0 saturated carbocycles. The van der Waals surface area contributed by atoms with E-state index in [1.165, 1.54) is 6.04 Å². The van der Waals surface area contributed by atoms with E-state index >= 15 is 0 Å². The van der Waals surface area contributed by atoms with E-state index in [9.17, 15) is 4.79 Å². The Morgan fingerprint density at radius 3 is 2.74 bits per heavy atom. The van der Waals surface area contributed by atoms with Crippen molar-refractivity contribution < 1.29 is 4.79 Å². The van der Waals surface area contributed by atoms with Crippen LogP contribution < -0.4 is 0 Å². The van der Waals surface area contributed by atoms with Gasteiger partial charge in [0.15, 0.2) is 5.78 Å². The van der Waals surface area contributed by atoms with Crippen LogP contribution in [0.15, 0.2) is 24.3 Å². The van der Waals surface area contributed by atoms with Crippen molar-refractivity contribution in [2.24, 2.45) is 0 Å². The minimum atomic E-state index is -1.03. The van der Waals surface area contributed by atoms with E-state index in [4.69, 9.17) is 0 Å². The molecule has 0 radical (unpaired) electrons. The summed E-state index contributed by atoms with van der Waals surface area (Å²) < 4.78 is 1.70. The average molecular weight is 275 g/mol. The molecule has 0 atom stereocenters. The lowest BCUT2D eigenvalue weighted by molar-refractivity contribution is -0.119. The third-order valence-corrected chi connectivity index (χ3v) is 4.98. The average Bonchev–Trinajstić information content (AvgIpc) is 2.71. The van der Waals surface area contributed by atoms with Gasteiger partial charge in [-0.15, -0.1) is 5.10 Å². The number of benzene rings is 1. The first-order valence-corrected chi connectivity index (χ1v) is 10.5. The van der Waals surface area contributed by atoms with Gasteiger partial charge in [0, 0.05) is 14.5 Å². The van der Waals surface area contributed by atoms with Crippen LogP contribution in [0.25, 0.3) is 11.0 Å². The van der Waals surface area contributed by atoms with Gasteiger partial charge in [0.25, 0.3) is 0 Å². The van der Waals surface area contributed by atoms with Gasteiger partial charge in [-0.25, -0.2) is 4.68 Å². The summed E-state index contributed by atoms with van der Waals surface area (Å²) in [7, 11) is -1.03. The van der Waals surface area contributed by atoms with Crippen molar-refractivity contribution in [2.75, 3.05) is 0 Å². The maximum absolute atomic E-state index is 12.0. The Bertz CT molecular complexity index is 571. The van der Waals surface area contributed by atoms with Crippen LogP contribution in [0, 0.1) is 0 Å². The zero-order chi connectivity index (χ0) is 13.9. The quantitative estimate of drug-likeness (QED) is 0.761. The molecule has 0 bridgehead atoms. The first-order chi connectivity index (χ1) is 8.96. The molecule has 0 unspecified atom stereocenters. The molecule has 0 aliphatic carbocycles. The van der Waals surface area contributed by atoms with E-state index < -0.39 is 8.07 Å². The Labute approximate surface area is 114 Å². The van der Waals surface area contributed by atoms with Gasteiger partial charge in [0.2, 0.25) is 0 Å². The Morgan fingerprint density at radius 1 is 1.26 bits per heavy atom. The van der Waals surface area contributed by atoms with Gasteiger partial charge in [-0.3, -0.25) is 4.79 Å². The fourth-order valence-electron chi connectivity index (χ4n) is 2.10. The van der Waals surface area contributed by atoms with Gasteiger partial charge < -0.3 is 0 Å². The zero-order valence-corrected chi connectivity index (χ0v) is 12.9. The van der Waals surface area contributed by atoms with Gasteiger partial charge in [-0.2, -0.15) is 0 Å². The molecule has 1 heterocycles. The predicted molar refractivity (Wildman–Crippen MR) is 79.9 cm³/mol. The molecular formula is C14H21N3OSi. The number of ketones is 1. The van der Waals surface area contributed by atoms with Crippen molar-refractivity contribution in [3.63, 3.8) is 0 Å². The molecule has 2 aromatic rings. The normalized spacial score (nSPS) is 11.9. The number of fused-ring (bicyclic) bond motifs is 1. The van der Waals surface area contributed by atoms with Crippen LogP contribution in [-0.2, 0) is 11.3 Å². The molecular weight excluding hydrogens is 254 g/mol. The monoisotopic (exact) mass is 275 g/mol. The van der Waals surface area contributed by atoms with E-state index in [0.717, 1.165) is 17.5 Å². The second kappa shape index (κ2) is 5.65. The van der Waals surface area contributed by atoms with Gasteiger partial charge >= 0.3 is 0 Å². The van der Waals surface area contributed by atoms with Crippen LogP contribution in [-0.4, -0.2) is 28.9 Å². The van der Waals surface area contributed by atoms with Gasteiger partial charge in [-0.1, -0.05) is 43.0 Å². The minimum Gasteiger partial charge on any atom is -0.298 e. The van der Waals surface area contributed by atoms with E-state index in [1.807, 2.05) is 24.3 Å².